The number of tetrazole rings is 1. The molecule has 2 heterocycles. The summed E-state index contributed by atoms with van der Waals surface area (Å²) in [5.41, 5.74) is 1.09. The van der Waals surface area contributed by atoms with Crippen LogP contribution in [0.3, 0.4) is 0 Å². The molecular formula is C15H17N5O3. The lowest BCUT2D eigenvalue weighted by atomic mass is 10.2. The van der Waals surface area contributed by atoms with Crippen molar-refractivity contribution in [3.05, 3.63) is 51.6 Å². The van der Waals surface area contributed by atoms with Crippen molar-refractivity contribution in [2.45, 2.75) is 26.9 Å². The highest BCUT2D eigenvalue weighted by Crippen LogP contribution is 2.22. The molecule has 3 aromatic rings. The maximum absolute atomic E-state index is 12.0. The number of hydrogen-bond acceptors (Lipinski definition) is 6. The summed E-state index contributed by atoms with van der Waals surface area (Å²) < 4.78 is 20.9. The van der Waals surface area contributed by atoms with Crippen LogP contribution in [0.2, 0.25) is 0 Å². The van der Waals surface area contributed by atoms with Crippen molar-refractivity contribution in [1.29, 1.82) is 0 Å². The molecular weight excluding hydrogens is 298 g/mol. The summed E-state index contributed by atoms with van der Waals surface area (Å²) in [5, 5.41) is 11.4. The maximum Gasteiger partial charge on any atom is 0.369 e. The fourth-order valence-corrected chi connectivity index (χ4v) is 2.18. The molecule has 8 heteroatoms. The number of hydrogen-bond donors (Lipinski definition) is 0. The van der Waals surface area contributed by atoms with Gasteiger partial charge >= 0.3 is 5.69 Å². The molecule has 0 saturated carbocycles. The molecule has 23 heavy (non-hydrogen) atoms. The molecule has 0 bridgehead atoms. The van der Waals surface area contributed by atoms with E-state index in [1.165, 1.54) is 7.05 Å². The van der Waals surface area contributed by atoms with Crippen molar-refractivity contribution in [3.63, 3.8) is 0 Å². The van der Waals surface area contributed by atoms with Crippen molar-refractivity contribution in [2.75, 3.05) is 0 Å². The zero-order chi connectivity index (χ0) is 17.3. The molecule has 120 valence electrons. The van der Waals surface area contributed by atoms with Gasteiger partial charge in [-0.05, 0) is 29.0 Å². The first-order valence-electron chi connectivity index (χ1n) is 7.68. The third kappa shape index (κ3) is 2.75. The Bertz CT molecular complexity index is 928. The molecule has 0 fully saturated rings. The van der Waals surface area contributed by atoms with E-state index in [1.807, 2.05) is 13.8 Å². The SMILES string of the molecule is [3H]c1ccc(OCc2c(-n3nnn(C)c3=O)noc2CC)c(C)c1. The predicted molar refractivity (Wildman–Crippen MR) is 81.6 cm³/mol. The van der Waals surface area contributed by atoms with E-state index in [9.17, 15) is 4.79 Å². The van der Waals surface area contributed by atoms with E-state index in [1.54, 1.807) is 18.2 Å². The van der Waals surface area contributed by atoms with Gasteiger partial charge in [0.2, 0.25) is 5.82 Å². The average molecular weight is 317 g/mol. The Morgan fingerprint density at radius 2 is 2.22 bits per heavy atom. The first kappa shape index (κ1) is 13.7. The van der Waals surface area contributed by atoms with Crippen LogP contribution in [-0.2, 0) is 20.1 Å². The second-order valence-corrected chi connectivity index (χ2v) is 5.04. The van der Waals surface area contributed by atoms with Crippen LogP contribution in [0.25, 0.3) is 5.82 Å². The van der Waals surface area contributed by atoms with Gasteiger partial charge < -0.3 is 9.26 Å². The molecule has 0 unspecified atom stereocenters. The van der Waals surface area contributed by atoms with E-state index >= 15 is 0 Å². The average Bonchev–Trinajstić information content (AvgIpc) is 3.10. The maximum atomic E-state index is 12.0. The molecule has 0 atom stereocenters. The van der Waals surface area contributed by atoms with Gasteiger partial charge in [-0.15, -0.1) is 4.68 Å². The summed E-state index contributed by atoms with van der Waals surface area (Å²) in [6.07, 6.45) is 0.603. The Morgan fingerprint density at radius 1 is 1.39 bits per heavy atom. The number of para-hydroxylation sites is 1. The molecule has 2 aromatic heterocycles. The lowest BCUT2D eigenvalue weighted by Crippen LogP contribution is -2.23. The highest BCUT2D eigenvalue weighted by molar-refractivity contribution is 5.36. The van der Waals surface area contributed by atoms with Gasteiger partial charge in [-0.2, -0.15) is 4.68 Å². The highest BCUT2D eigenvalue weighted by Gasteiger charge is 2.20. The third-order valence-electron chi connectivity index (χ3n) is 3.48. The number of aryl methyl sites for hydroxylation is 3. The van der Waals surface area contributed by atoms with Crippen LogP contribution in [0, 0.1) is 6.92 Å². The number of aromatic nitrogens is 5. The first-order valence-corrected chi connectivity index (χ1v) is 7.18. The Hall–Kier alpha value is -2.90. The summed E-state index contributed by atoms with van der Waals surface area (Å²) in [4.78, 5) is 12.0. The van der Waals surface area contributed by atoms with Crippen molar-refractivity contribution in [1.82, 2.24) is 24.9 Å². The first-order chi connectivity index (χ1) is 11.5. The molecule has 0 N–H and O–H groups in total. The smallest absolute Gasteiger partial charge is 0.369 e. The van der Waals surface area contributed by atoms with E-state index in [2.05, 4.69) is 15.6 Å². The normalized spacial score (nSPS) is 11.5. The fourth-order valence-electron chi connectivity index (χ4n) is 2.18. The fraction of sp³-hybridized carbons (Fsp3) is 0.333. The number of ether oxygens (including phenoxy) is 1. The molecule has 0 spiro atoms. The second kappa shape index (κ2) is 6.07. The van der Waals surface area contributed by atoms with Crippen molar-refractivity contribution in [2.24, 2.45) is 7.05 Å². The molecule has 8 nitrogen and oxygen atoms in total. The lowest BCUT2D eigenvalue weighted by Gasteiger charge is -2.09. The summed E-state index contributed by atoms with van der Waals surface area (Å²) in [6, 6.07) is 5.54. The van der Waals surface area contributed by atoms with Crippen LogP contribution in [0.1, 0.15) is 25.2 Å². The van der Waals surface area contributed by atoms with E-state index in [4.69, 9.17) is 10.6 Å². The largest absolute Gasteiger partial charge is 0.488 e. The Labute approximate surface area is 133 Å². The van der Waals surface area contributed by atoms with Gasteiger partial charge in [0.05, 0.1) is 6.93 Å². The van der Waals surface area contributed by atoms with Gasteiger partial charge in [0, 0.05) is 13.5 Å². The number of rotatable bonds is 5. The standard InChI is InChI=1S/C15H17N5O3/c1-4-12-11(9-22-13-8-6-5-7-10(13)2)14(16-23-12)20-15(21)19(3)17-18-20/h5-8H,4,9H2,1-3H3/i5T. The Morgan fingerprint density at radius 3 is 2.87 bits per heavy atom. The minimum absolute atomic E-state index is 0.170. The van der Waals surface area contributed by atoms with E-state index in [0.29, 0.717) is 29.5 Å². The second-order valence-electron chi connectivity index (χ2n) is 5.04. The zero-order valence-electron chi connectivity index (χ0n) is 14.1. The summed E-state index contributed by atoms with van der Waals surface area (Å²) in [5.74, 6) is 1.56. The molecule has 0 aliphatic heterocycles. The molecule has 0 radical (unpaired) electrons. The predicted octanol–water partition coefficient (Wildman–Crippen LogP) is 1.40. The highest BCUT2D eigenvalue weighted by atomic mass is 16.5. The van der Waals surface area contributed by atoms with Crippen LogP contribution in [0.15, 0.2) is 33.6 Å². The zero-order valence-corrected chi connectivity index (χ0v) is 13.1. The van der Waals surface area contributed by atoms with Crippen LogP contribution in [0.4, 0.5) is 0 Å². The molecule has 1 aromatic carbocycles. The lowest BCUT2D eigenvalue weighted by molar-refractivity contribution is 0.298. The summed E-state index contributed by atoms with van der Waals surface area (Å²) >= 11 is 0. The van der Waals surface area contributed by atoms with Gasteiger partial charge in [-0.3, -0.25) is 0 Å². The van der Waals surface area contributed by atoms with Crippen LogP contribution in [-0.4, -0.2) is 24.9 Å². The minimum atomic E-state index is -0.415. The topological polar surface area (TPSA) is 88.0 Å². The quantitative estimate of drug-likeness (QED) is 0.707. The van der Waals surface area contributed by atoms with E-state index < -0.39 is 5.69 Å². The molecule has 3 rings (SSSR count). The van der Waals surface area contributed by atoms with Gasteiger partial charge in [-0.1, -0.05) is 30.3 Å². The molecule has 0 amide bonds. The number of benzene rings is 1. The van der Waals surface area contributed by atoms with Crippen LogP contribution < -0.4 is 10.4 Å². The summed E-state index contributed by atoms with van der Waals surface area (Å²) in [6.45, 7) is 3.96. The van der Waals surface area contributed by atoms with Crippen LogP contribution in [0.5, 0.6) is 5.75 Å². The summed E-state index contributed by atoms with van der Waals surface area (Å²) in [7, 11) is 1.51. The van der Waals surface area contributed by atoms with Gasteiger partial charge in [-0.25, -0.2) is 4.79 Å². The van der Waals surface area contributed by atoms with Crippen molar-refractivity contribution < 1.29 is 10.6 Å². The van der Waals surface area contributed by atoms with Gasteiger partial charge in [0.25, 0.3) is 0 Å². The Kier molecular flexibility index (Phi) is 3.63. The van der Waals surface area contributed by atoms with E-state index in [0.717, 1.165) is 14.9 Å². The third-order valence-corrected chi connectivity index (χ3v) is 3.48. The van der Waals surface area contributed by atoms with Gasteiger partial charge in [0.15, 0.2) is 0 Å². The monoisotopic (exact) mass is 317 g/mol. The number of nitrogens with zero attached hydrogens (tertiary/aromatic N) is 5. The van der Waals surface area contributed by atoms with E-state index in [-0.39, 0.29) is 12.4 Å². The molecule has 0 saturated heterocycles. The van der Waals surface area contributed by atoms with Crippen molar-refractivity contribution in [3.8, 4) is 11.6 Å². The molecule has 0 aliphatic rings. The van der Waals surface area contributed by atoms with Gasteiger partial charge in [0.1, 0.15) is 18.1 Å². The Balaban J connectivity index is 1.94. The van der Waals surface area contributed by atoms with Crippen LogP contribution >= 0.6 is 0 Å². The van der Waals surface area contributed by atoms with Crippen molar-refractivity contribution >= 4 is 0 Å². The minimum Gasteiger partial charge on any atom is -0.488 e. The molecule has 0 aliphatic carbocycles.